The number of hydrogen-bond donors (Lipinski definition) is 2. The first-order chi connectivity index (χ1) is 12.5. The molecular formula is C18H17N3O3S2. The third-order valence-electron chi connectivity index (χ3n) is 4.53. The van der Waals surface area contributed by atoms with E-state index in [1.165, 1.54) is 17.4 Å². The van der Waals surface area contributed by atoms with Gasteiger partial charge >= 0.3 is 0 Å². The summed E-state index contributed by atoms with van der Waals surface area (Å²) in [5.74, 6) is -0.599. The Labute approximate surface area is 155 Å². The van der Waals surface area contributed by atoms with E-state index >= 15 is 0 Å². The Morgan fingerprint density at radius 3 is 2.73 bits per heavy atom. The summed E-state index contributed by atoms with van der Waals surface area (Å²) in [6, 6.07) is 8.55. The summed E-state index contributed by atoms with van der Waals surface area (Å²) in [6.45, 7) is 0. The molecule has 1 aromatic carbocycles. The molecule has 4 rings (SSSR count). The topological polar surface area (TPSA) is 102 Å². The summed E-state index contributed by atoms with van der Waals surface area (Å²) >= 11 is 1.31. The number of aromatic nitrogens is 1. The van der Waals surface area contributed by atoms with Crippen LogP contribution in [-0.4, -0.2) is 19.3 Å². The molecule has 8 heteroatoms. The number of primary amides is 1. The van der Waals surface area contributed by atoms with Crippen molar-refractivity contribution in [2.45, 2.75) is 30.6 Å². The van der Waals surface area contributed by atoms with E-state index in [-0.39, 0.29) is 4.90 Å². The van der Waals surface area contributed by atoms with Gasteiger partial charge in [-0.2, -0.15) is 0 Å². The van der Waals surface area contributed by atoms with E-state index < -0.39 is 15.9 Å². The van der Waals surface area contributed by atoms with Gasteiger partial charge in [-0.15, -0.1) is 11.3 Å². The summed E-state index contributed by atoms with van der Waals surface area (Å²) in [5.41, 5.74) is 7.14. The number of aryl methyl sites for hydroxylation is 1. The van der Waals surface area contributed by atoms with Crippen LogP contribution in [0, 0.1) is 0 Å². The van der Waals surface area contributed by atoms with Crippen molar-refractivity contribution >= 4 is 43.2 Å². The number of nitrogens with zero attached hydrogens (tertiary/aromatic N) is 1. The molecular weight excluding hydrogens is 370 g/mol. The molecule has 1 aliphatic rings. The van der Waals surface area contributed by atoms with Crippen molar-refractivity contribution in [3.05, 3.63) is 52.5 Å². The van der Waals surface area contributed by atoms with Gasteiger partial charge in [0.25, 0.3) is 15.9 Å². The van der Waals surface area contributed by atoms with Crippen LogP contribution in [0.1, 0.15) is 33.6 Å². The summed E-state index contributed by atoms with van der Waals surface area (Å²) < 4.78 is 28.6. The van der Waals surface area contributed by atoms with Gasteiger partial charge in [-0.25, -0.2) is 8.42 Å². The third-order valence-corrected chi connectivity index (χ3v) is 7.25. The number of amides is 1. The van der Waals surface area contributed by atoms with Gasteiger partial charge in [0.1, 0.15) is 9.90 Å². The number of pyridine rings is 1. The van der Waals surface area contributed by atoms with E-state index in [0.717, 1.165) is 41.5 Å². The molecule has 26 heavy (non-hydrogen) atoms. The molecule has 1 aliphatic carbocycles. The molecule has 0 aliphatic heterocycles. The number of nitrogens with one attached hydrogen (secondary N) is 1. The lowest BCUT2D eigenvalue weighted by Gasteiger charge is -2.11. The van der Waals surface area contributed by atoms with Crippen molar-refractivity contribution in [1.29, 1.82) is 0 Å². The molecule has 134 valence electrons. The Balaban J connectivity index is 1.82. The average molecular weight is 387 g/mol. The second-order valence-electron chi connectivity index (χ2n) is 6.22. The molecule has 3 aromatic rings. The van der Waals surface area contributed by atoms with E-state index in [4.69, 9.17) is 5.73 Å². The van der Waals surface area contributed by atoms with Crippen LogP contribution in [0.15, 0.2) is 41.4 Å². The van der Waals surface area contributed by atoms with Crippen molar-refractivity contribution in [2.24, 2.45) is 5.73 Å². The van der Waals surface area contributed by atoms with E-state index in [2.05, 4.69) is 9.71 Å². The summed E-state index contributed by atoms with van der Waals surface area (Å²) in [7, 11) is -3.91. The fourth-order valence-corrected chi connectivity index (χ4v) is 6.15. The molecule has 2 heterocycles. The summed E-state index contributed by atoms with van der Waals surface area (Å²) in [6.07, 6.45) is 5.16. The fourth-order valence-electron chi connectivity index (χ4n) is 3.37. The maximum atomic E-state index is 13.0. The Bertz CT molecular complexity index is 1110. The highest BCUT2D eigenvalue weighted by atomic mass is 32.2. The summed E-state index contributed by atoms with van der Waals surface area (Å²) in [4.78, 5) is 17.3. The highest BCUT2D eigenvalue weighted by Gasteiger charge is 2.27. The van der Waals surface area contributed by atoms with Crippen LogP contribution in [-0.2, 0) is 22.9 Å². The molecule has 0 atom stereocenters. The second-order valence-corrected chi connectivity index (χ2v) is 8.97. The number of fused-ring (bicyclic) bond motifs is 2. The number of anilines is 1. The van der Waals surface area contributed by atoms with Crippen LogP contribution in [0.4, 0.5) is 5.00 Å². The average Bonchev–Trinajstić information content (AvgIpc) is 2.98. The van der Waals surface area contributed by atoms with Crippen LogP contribution >= 0.6 is 11.3 Å². The SMILES string of the molecule is NC(=O)c1c(NS(=O)(=O)c2cccc3cccnc23)sc2c1CCCC2. The van der Waals surface area contributed by atoms with Crippen molar-refractivity contribution in [3.8, 4) is 0 Å². The van der Waals surface area contributed by atoms with E-state index in [1.807, 2.05) is 0 Å². The fraction of sp³-hybridized carbons (Fsp3) is 0.222. The minimum atomic E-state index is -3.91. The molecule has 6 nitrogen and oxygen atoms in total. The first kappa shape index (κ1) is 17.0. The molecule has 0 saturated carbocycles. The van der Waals surface area contributed by atoms with Crippen LogP contribution in [0.3, 0.4) is 0 Å². The normalized spacial score (nSPS) is 14.2. The minimum absolute atomic E-state index is 0.0809. The predicted octanol–water partition coefficient (Wildman–Crippen LogP) is 3.07. The van der Waals surface area contributed by atoms with Gasteiger partial charge in [0, 0.05) is 16.5 Å². The number of nitrogens with two attached hydrogens (primary N) is 1. The Morgan fingerprint density at radius 2 is 1.92 bits per heavy atom. The lowest BCUT2D eigenvalue weighted by atomic mass is 9.95. The second kappa shape index (κ2) is 6.37. The van der Waals surface area contributed by atoms with Crippen molar-refractivity contribution in [2.75, 3.05) is 4.72 Å². The lowest BCUT2D eigenvalue weighted by Crippen LogP contribution is -2.19. The van der Waals surface area contributed by atoms with Crippen LogP contribution in [0.25, 0.3) is 10.9 Å². The van der Waals surface area contributed by atoms with E-state index in [0.29, 0.717) is 16.1 Å². The number of benzene rings is 1. The zero-order valence-electron chi connectivity index (χ0n) is 13.9. The molecule has 0 fully saturated rings. The third kappa shape index (κ3) is 2.85. The first-order valence-electron chi connectivity index (χ1n) is 8.28. The summed E-state index contributed by atoms with van der Waals surface area (Å²) in [5, 5.41) is 1.04. The lowest BCUT2D eigenvalue weighted by molar-refractivity contribution is 0.100. The molecule has 0 saturated heterocycles. The van der Waals surface area contributed by atoms with Gasteiger partial charge in [0.2, 0.25) is 0 Å². The molecule has 0 unspecified atom stereocenters. The smallest absolute Gasteiger partial charge is 0.264 e. The first-order valence-corrected chi connectivity index (χ1v) is 10.6. The van der Waals surface area contributed by atoms with Gasteiger partial charge in [0.15, 0.2) is 0 Å². The standard InChI is InChI=1S/C18H17N3O3S2/c19-17(22)15-12-7-1-2-8-13(12)25-18(15)21-26(23,24)14-9-3-5-11-6-4-10-20-16(11)14/h3-6,9-10,21H,1-2,7-8H2,(H2,19,22). The van der Waals surface area contributed by atoms with Crippen LogP contribution in [0.2, 0.25) is 0 Å². The van der Waals surface area contributed by atoms with Gasteiger partial charge < -0.3 is 5.73 Å². The maximum absolute atomic E-state index is 13.0. The number of carbonyl (C=O) groups is 1. The van der Waals surface area contributed by atoms with Crippen LogP contribution < -0.4 is 10.5 Å². The largest absolute Gasteiger partial charge is 0.365 e. The molecule has 1 amide bonds. The monoisotopic (exact) mass is 387 g/mol. The minimum Gasteiger partial charge on any atom is -0.365 e. The quantitative estimate of drug-likeness (QED) is 0.718. The number of sulfonamides is 1. The zero-order valence-corrected chi connectivity index (χ0v) is 15.5. The highest BCUT2D eigenvalue weighted by molar-refractivity contribution is 7.93. The van der Waals surface area contributed by atoms with E-state index in [1.54, 1.807) is 30.5 Å². The van der Waals surface area contributed by atoms with Gasteiger partial charge in [-0.3, -0.25) is 14.5 Å². The molecule has 0 bridgehead atoms. The highest BCUT2D eigenvalue weighted by Crippen LogP contribution is 2.39. The van der Waals surface area contributed by atoms with Gasteiger partial charge in [-0.1, -0.05) is 18.2 Å². The number of thiophene rings is 1. The van der Waals surface area contributed by atoms with Crippen molar-refractivity contribution < 1.29 is 13.2 Å². The molecule has 0 radical (unpaired) electrons. The number of para-hydroxylation sites is 1. The zero-order chi connectivity index (χ0) is 18.3. The van der Waals surface area contributed by atoms with Crippen molar-refractivity contribution in [1.82, 2.24) is 4.98 Å². The van der Waals surface area contributed by atoms with Gasteiger partial charge in [-0.05, 0) is 43.4 Å². The van der Waals surface area contributed by atoms with E-state index in [9.17, 15) is 13.2 Å². The van der Waals surface area contributed by atoms with Gasteiger partial charge in [0.05, 0.1) is 11.1 Å². The Hall–Kier alpha value is -2.45. The maximum Gasteiger partial charge on any atom is 0.264 e. The predicted molar refractivity (Wildman–Crippen MR) is 102 cm³/mol. The van der Waals surface area contributed by atoms with Crippen LogP contribution in [0.5, 0.6) is 0 Å². The number of hydrogen-bond acceptors (Lipinski definition) is 5. The number of rotatable bonds is 4. The molecule has 0 spiro atoms. The van der Waals surface area contributed by atoms with Crippen molar-refractivity contribution in [3.63, 3.8) is 0 Å². The molecule has 2 aromatic heterocycles. The number of carbonyl (C=O) groups excluding carboxylic acids is 1. The molecule has 3 N–H and O–H groups in total. The Kier molecular flexibility index (Phi) is 4.16. The Morgan fingerprint density at radius 1 is 1.15 bits per heavy atom.